The molecule has 3 heterocycles. The van der Waals surface area contributed by atoms with E-state index < -0.39 is 12.0 Å². The molecule has 0 amide bonds. The minimum atomic E-state index is -0.734. The molecular weight excluding hydrogens is 284 g/mol. The monoisotopic (exact) mass is 302 g/mol. The Morgan fingerprint density at radius 1 is 1.48 bits per heavy atom. The molecule has 2 atom stereocenters. The van der Waals surface area contributed by atoms with Crippen molar-refractivity contribution in [2.75, 3.05) is 6.54 Å². The Labute approximate surface area is 128 Å². The number of likely N-dealkylation sites (tertiary alicyclic amines) is 1. The summed E-state index contributed by atoms with van der Waals surface area (Å²) in [6.07, 6.45) is 3.42. The Balaban J connectivity index is 2.05. The highest BCUT2D eigenvalue weighted by atomic mass is 32.1. The van der Waals surface area contributed by atoms with Crippen LogP contribution in [0.15, 0.2) is 35.8 Å². The van der Waals surface area contributed by atoms with E-state index in [9.17, 15) is 9.90 Å². The summed E-state index contributed by atoms with van der Waals surface area (Å²) >= 11 is 1.66. The molecule has 2 unspecified atom stereocenters. The fourth-order valence-electron chi connectivity index (χ4n) is 3.05. The zero-order valence-corrected chi connectivity index (χ0v) is 12.7. The maximum atomic E-state index is 11.5. The SMILES string of the molecule is Cc1cccnc1C(c1cccs1)N1CCCC1C(=O)O. The second-order valence-corrected chi connectivity index (χ2v) is 6.34. The molecule has 5 heteroatoms. The number of aryl methyl sites for hydroxylation is 1. The van der Waals surface area contributed by atoms with Gasteiger partial charge in [0.1, 0.15) is 6.04 Å². The third kappa shape index (κ3) is 2.71. The first kappa shape index (κ1) is 14.2. The van der Waals surface area contributed by atoms with Gasteiger partial charge < -0.3 is 5.11 Å². The molecule has 0 aromatic carbocycles. The predicted molar refractivity (Wildman–Crippen MR) is 82.5 cm³/mol. The van der Waals surface area contributed by atoms with E-state index in [4.69, 9.17) is 0 Å². The van der Waals surface area contributed by atoms with Crippen molar-refractivity contribution in [3.63, 3.8) is 0 Å². The summed E-state index contributed by atoms with van der Waals surface area (Å²) in [5.74, 6) is -0.734. The first-order valence-electron chi connectivity index (χ1n) is 7.12. The molecule has 110 valence electrons. The summed E-state index contributed by atoms with van der Waals surface area (Å²) in [6.45, 7) is 2.84. The Hall–Kier alpha value is -1.72. The van der Waals surface area contributed by atoms with Crippen molar-refractivity contribution in [1.29, 1.82) is 0 Å². The highest BCUT2D eigenvalue weighted by molar-refractivity contribution is 7.10. The number of aromatic nitrogens is 1. The topological polar surface area (TPSA) is 53.4 Å². The van der Waals surface area contributed by atoms with Gasteiger partial charge in [0.05, 0.1) is 11.7 Å². The molecule has 0 spiro atoms. The summed E-state index contributed by atoms with van der Waals surface area (Å²) in [6, 6.07) is 7.56. The Morgan fingerprint density at radius 2 is 2.33 bits per heavy atom. The van der Waals surface area contributed by atoms with Crippen molar-refractivity contribution in [2.45, 2.75) is 31.8 Å². The van der Waals surface area contributed by atoms with Crippen LogP contribution in [0.4, 0.5) is 0 Å². The van der Waals surface area contributed by atoms with Crippen molar-refractivity contribution >= 4 is 17.3 Å². The van der Waals surface area contributed by atoms with Gasteiger partial charge >= 0.3 is 5.97 Å². The standard InChI is InChI=1S/C16H18N2O2S/c1-11-5-2-8-17-14(11)15(13-7-4-10-21-13)18-9-3-6-12(18)16(19)20/h2,4-5,7-8,10,12,15H,3,6,9H2,1H3,(H,19,20). The molecule has 0 bridgehead atoms. The van der Waals surface area contributed by atoms with E-state index in [-0.39, 0.29) is 6.04 Å². The number of aliphatic carboxylic acids is 1. The number of nitrogens with zero attached hydrogens (tertiary/aromatic N) is 2. The van der Waals surface area contributed by atoms with Crippen molar-refractivity contribution in [3.05, 3.63) is 52.0 Å². The second-order valence-electron chi connectivity index (χ2n) is 5.36. The normalized spacial score (nSPS) is 20.5. The molecule has 1 fully saturated rings. The number of pyridine rings is 1. The molecule has 0 aliphatic carbocycles. The molecule has 0 saturated carbocycles. The van der Waals surface area contributed by atoms with E-state index in [2.05, 4.69) is 16.0 Å². The van der Waals surface area contributed by atoms with Crippen molar-refractivity contribution in [2.24, 2.45) is 0 Å². The van der Waals surface area contributed by atoms with Crippen LogP contribution >= 0.6 is 11.3 Å². The number of carbonyl (C=O) groups is 1. The molecule has 1 aliphatic rings. The number of carboxylic acids is 1. The van der Waals surface area contributed by atoms with Gasteiger partial charge in [-0.2, -0.15) is 0 Å². The third-order valence-corrected chi connectivity index (χ3v) is 4.96. The van der Waals surface area contributed by atoms with Gasteiger partial charge in [-0.3, -0.25) is 14.7 Å². The van der Waals surface area contributed by atoms with E-state index in [0.717, 1.165) is 29.1 Å². The molecule has 1 saturated heterocycles. The second kappa shape index (κ2) is 5.95. The zero-order valence-electron chi connectivity index (χ0n) is 11.9. The quantitative estimate of drug-likeness (QED) is 0.943. The molecule has 2 aromatic heterocycles. The van der Waals surface area contributed by atoms with Crippen LogP contribution in [0.3, 0.4) is 0 Å². The third-order valence-electron chi connectivity index (χ3n) is 4.03. The van der Waals surface area contributed by atoms with Gasteiger partial charge in [-0.25, -0.2) is 0 Å². The average molecular weight is 302 g/mol. The van der Waals surface area contributed by atoms with E-state index in [1.54, 1.807) is 17.5 Å². The fourth-order valence-corrected chi connectivity index (χ4v) is 3.90. The van der Waals surface area contributed by atoms with Gasteiger partial charge in [0, 0.05) is 17.6 Å². The molecule has 1 N–H and O–H groups in total. The molecule has 3 rings (SSSR count). The van der Waals surface area contributed by atoms with Crippen molar-refractivity contribution in [1.82, 2.24) is 9.88 Å². The number of thiophene rings is 1. The highest BCUT2D eigenvalue weighted by Crippen LogP contribution is 2.37. The largest absolute Gasteiger partial charge is 0.480 e. The lowest BCUT2D eigenvalue weighted by Gasteiger charge is -2.30. The van der Waals surface area contributed by atoms with Gasteiger partial charge in [0.15, 0.2) is 0 Å². The number of rotatable bonds is 4. The Kier molecular flexibility index (Phi) is 4.03. The maximum absolute atomic E-state index is 11.5. The van der Waals surface area contributed by atoms with Crippen LogP contribution in [-0.2, 0) is 4.79 Å². The summed E-state index contributed by atoms with van der Waals surface area (Å²) < 4.78 is 0. The van der Waals surface area contributed by atoms with Gasteiger partial charge in [0.2, 0.25) is 0 Å². The zero-order chi connectivity index (χ0) is 14.8. The molecule has 0 radical (unpaired) electrons. The van der Waals surface area contributed by atoms with Crippen LogP contribution in [-0.4, -0.2) is 33.5 Å². The van der Waals surface area contributed by atoms with E-state index in [1.165, 1.54) is 0 Å². The van der Waals surface area contributed by atoms with Crippen LogP contribution in [0.1, 0.15) is 35.0 Å². The van der Waals surface area contributed by atoms with Crippen LogP contribution in [0.25, 0.3) is 0 Å². The predicted octanol–water partition coefficient (Wildman–Crippen LogP) is 3.09. The van der Waals surface area contributed by atoms with E-state index >= 15 is 0 Å². The fraction of sp³-hybridized carbons (Fsp3) is 0.375. The van der Waals surface area contributed by atoms with E-state index in [1.807, 2.05) is 30.5 Å². The molecular formula is C16H18N2O2S. The number of carboxylic acid groups (broad SMARTS) is 1. The van der Waals surface area contributed by atoms with Gasteiger partial charge in [-0.1, -0.05) is 12.1 Å². The summed E-state index contributed by atoms with van der Waals surface area (Å²) in [5.41, 5.74) is 2.07. The van der Waals surface area contributed by atoms with Gasteiger partial charge in [0.25, 0.3) is 0 Å². The molecule has 4 nitrogen and oxygen atoms in total. The van der Waals surface area contributed by atoms with E-state index in [0.29, 0.717) is 6.42 Å². The smallest absolute Gasteiger partial charge is 0.320 e. The lowest BCUT2D eigenvalue weighted by atomic mass is 10.0. The lowest BCUT2D eigenvalue weighted by molar-refractivity contribution is -0.142. The minimum Gasteiger partial charge on any atom is -0.480 e. The van der Waals surface area contributed by atoms with Gasteiger partial charge in [-0.15, -0.1) is 11.3 Å². The minimum absolute atomic E-state index is 0.0604. The Morgan fingerprint density at radius 3 is 3.00 bits per heavy atom. The van der Waals surface area contributed by atoms with Gasteiger partial charge in [-0.05, 0) is 42.8 Å². The Bertz CT molecular complexity index is 627. The van der Waals surface area contributed by atoms with Crippen LogP contribution in [0.2, 0.25) is 0 Å². The molecule has 2 aromatic rings. The lowest BCUT2D eigenvalue weighted by Crippen LogP contribution is -2.39. The highest BCUT2D eigenvalue weighted by Gasteiger charge is 2.38. The average Bonchev–Trinajstić information content (AvgIpc) is 3.13. The first-order valence-corrected chi connectivity index (χ1v) is 8.00. The maximum Gasteiger partial charge on any atom is 0.320 e. The number of hydrogen-bond acceptors (Lipinski definition) is 4. The molecule has 1 aliphatic heterocycles. The summed E-state index contributed by atoms with van der Waals surface area (Å²) in [5, 5.41) is 11.5. The molecule has 21 heavy (non-hydrogen) atoms. The van der Waals surface area contributed by atoms with Crippen LogP contribution in [0.5, 0.6) is 0 Å². The van der Waals surface area contributed by atoms with Crippen molar-refractivity contribution in [3.8, 4) is 0 Å². The summed E-state index contributed by atoms with van der Waals surface area (Å²) in [4.78, 5) is 19.3. The van der Waals surface area contributed by atoms with Crippen LogP contribution in [0, 0.1) is 6.92 Å². The van der Waals surface area contributed by atoms with Crippen molar-refractivity contribution < 1.29 is 9.90 Å². The first-order chi connectivity index (χ1) is 10.2. The number of hydrogen-bond donors (Lipinski definition) is 1. The van der Waals surface area contributed by atoms with Crippen LogP contribution < -0.4 is 0 Å². The summed E-state index contributed by atoms with van der Waals surface area (Å²) in [7, 11) is 0.